The van der Waals surface area contributed by atoms with E-state index >= 15 is 0 Å². The molecule has 0 atom stereocenters. The van der Waals surface area contributed by atoms with Gasteiger partial charge in [0.2, 0.25) is 15.9 Å². The molecular weight excluding hydrogens is 496 g/mol. The zero-order valence-electron chi connectivity index (χ0n) is 22.3. The van der Waals surface area contributed by atoms with Crippen LogP contribution in [0.5, 0.6) is 0 Å². The zero-order valence-corrected chi connectivity index (χ0v) is 23.1. The van der Waals surface area contributed by atoms with E-state index in [0.29, 0.717) is 30.6 Å². The molecule has 1 aliphatic rings. The average molecular weight is 531 g/mol. The normalized spacial score (nSPS) is 15.3. The number of aromatic nitrogens is 2. The average Bonchev–Trinajstić information content (AvgIpc) is 3.28. The van der Waals surface area contributed by atoms with Crippen LogP contribution in [0.25, 0.3) is 22.2 Å². The van der Waals surface area contributed by atoms with Crippen molar-refractivity contribution in [2.24, 2.45) is 0 Å². The van der Waals surface area contributed by atoms with Crippen molar-refractivity contribution < 1.29 is 13.2 Å². The third-order valence-corrected chi connectivity index (χ3v) is 9.28. The number of benzene rings is 2. The van der Waals surface area contributed by atoms with E-state index in [4.69, 9.17) is 0 Å². The molecule has 0 bridgehead atoms. The summed E-state index contributed by atoms with van der Waals surface area (Å²) in [5.41, 5.74) is 7.53. The quantitative estimate of drug-likeness (QED) is 0.311. The van der Waals surface area contributed by atoms with Gasteiger partial charge in [-0.25, -0.2) is 8.42 Å². The van der Waals surface area contributed by atoms with E-state index < -0.39 is 10.0 Å². The molecule has 0 unspecified atom stereocenters. The molecule has 0 aliphatic carbocycles. The lowest BCUT2D eigenvalue weighted by molar-refractivity contribution is -0.114. The fourth-order valence-electron chi connectivity index (χ4n) is 5.50. The van der Waals surface area contributed by atoms with Crippen molar-refractivity contribution in [2.75, 3.05) is 18.4 Å². The number of hydrogen-bond donors (Lipinski definition) is 2. The number of nitrogens with zero attached hydrogens (tertiary/aromatic N) is 2. The summed E-state index contributed by atoms with van der Waals surface area (Å²) in [6.45, 7) is 8.83. The molecule has 5 rings (SSSR count). The first kappa shape index (κ1) is 26.1. The molecule has 2 aromatic heterocycles. The number of aromatic amines is 1. The Bertz CT molecular complexity index is 1580. The van der Waals surface area contributed by atoms with Gasteiger partial charge < -0.3 is 10.3 Å². The first-order chi connectivity index (χ1) is 18.1. The summed E-state index contributed by atoms with van der Waals surface area (Å²) in [7, 11) is -3.59. The van der Waals surface area contributed by atoms with Gasteiger partial charge in [-0.2, -0.15) is 4.31 Å². The molecule has 0 radical (unpaired) electrons. The monoisotopic (exact) mass is 530 g/mol. The highest BCUT2D eigenvalue weighted by atomic mass is 32.2. The molecular formula is C30H34N4O3S. The SMILES string of the molecule is CC(=O)Nc1ccc(S(=O)(=O)N2CCC(c3ccc4[nH]c(-c5ccnc(C)c5)c(C(C)C)c4c3)CC2)cc1. The lowest BCUT2D eigenvalue weighted by Gasteiger charge is -2.31. The highest BCUT2D eigenvalue weighted by Gasteiger charge is 2.30. The molecule has 1 saturated heterocycles. The van der Waals surface area contributed by atoms with Crippen LogP contribution in [0.2, 0.25) is 0 Å². The van der Waals surface area contributed by atoms with Crippen LogP contribution >= 0.6 is 0 Å². The van der Waals surface area contributed by atoms with Crippen molar-refractivity contribution in [1.29, 1.82) is 0 Å². The van der Waals surface area contributed by atoms with Crippen LogP contribution in [-0.4, -0.2) is 41.7 Å². The summed E-state index contributed by atoms with van der Waals surface area (Å²) in [5.74, 6) is 0.450. The van der Waals surface area contributed by atoms with E-state index in [9.17, 15) is 13.2 Å². The van der Waals surface area contributed by atoms with E-state index in [1.165, 1.54) is 23.4 Å². The number of pyridine rings is 1. The summed E-state index contributed by atoms with van der Waals surface area (Å²) in [4.78, 5) is 19.5. The van der Waals surface area contributed by atoms with Crippen molar-refractivity contribution in [3.63, 3.8) is 0 Å². The van der Waals surface area contributed by atoms with Crippen molar-refractivity contribution in [3.8, 4) is 11.3 Å². The highest BCUT2D eigenvalue weighted by Crippen LogP contribution is 2.38. The number of nitrogens with one attached hydrogen (secondary N) is 2. The van der Waals surface area contributed by atoms with Crippen LogP contribution in [-0.2, 0) is 14.8 Å². The fourth-order valence-corrected chi connectivity index (χ4v) is 6.97. The zero-order chi connectivity index (χ0) is 27.0. The second kappa shape index (κ2) is 10.3. The second-order valence-corrected chi connectivity index (χ2v) is 12.4. The van der Waals surface area contributed by atoms with Gasteiger partial charge in [0.1, 0.15) is 0 Å². The van der Waals surface area contributed by atoms with Gasteiger partial charge in [-0.15, -0.1) is 0 Å². The number of hydrogen-bond acceptors (Lipinski definition) is 4. The number of carbonyl (C=O) groups excluding carboxylic acids is 1. The Balaban J connectivity index is 1.36. The van der Waals surface area contributed by atoms with Crippen LogP contribution in [0.3, 0.4) is 0 Å². The summed E-state index contributed by atoms with van der Waals surface area (Å²) in [5, 5.41) is 3.90. The predicted molar refractivity (Wildman–Crippen MR) is 152 cm³/mol. The summed E-state index contributed by atoms with van der Waals surface area (Å²) in [6, 6.07) is 17.2. The van der Waals surface area contributed by atoms with E-state index in [2.05, 4.69) is 53.4 Å². The van der Waals surface area contributed by atoms with Crippen molar-refractivity contribution >= 4 is 32.5 Å². The van der Waals surface area contributed by atoms with Gasteiger partial charge >= 0.3 is 0 Å². The number of sulfonamides is 1. The highest BCUT2D eigenvalue weighted by molar-refractivity contribution is 7.89. The van der Waals surface area contributed by atoms with E-state index in [1.54, 1.807) is 28.6 Å². The third-order valence-electron chi connectivity index (χ3n) is 7.36. The number of amides is 1. The van der Waals surface area contributed by atoms with Gasteiger partial charge in [-0.1, -0.05) is 19.9 Å². The van der Waals surface area contributed by atoms with Crippen molar-refractivity contribution in [1.82, 2.24) is 14.3 Å². The fraction of sp³-hybridized carbons (Fsp3) is 0.333. The molecule has 1 aliphatic heterocycles. The maximum absolute atomic E-state index is 13.2. The van der Waals surface area contributed by atoms with Crippen LogP contribution in [0.1, 0.15) is 62.3 Å². The summed E-state index contributed by atoms with van der Waals surface area (Å²) < 4.78 is 28.1. The van der Waals surface area contributed by atoms with Crippen LogP contribution in [0.4, 0.5) is 5.69 Å². The molecule has 0 saturated carbocycles. The lowest BCUT2D eigenvalue weighted by atomic mass is 9.88. The molecule has 2 aromatic carbocycles. The largest absolute Gasteiger partial charge is 0.354 e. The van der Waals surface area contributed by atoms with Gasteiger partial charge in [0.25, 0.3) is 0 Å². The molecule has 0 spiro atoms. The van der Waals surface area contributed by atoms with E-state index in [-0.39, 0.29) is 10.8 Å². The molecule has 38 heavy (non-hydrogen) atoms. The van der Waals surface area contributed by atoms with Gasteiger partial charge in [-0.05, 0) is 91.3 Å². The first-order valence-corrected chi connectivity index (χ1v) is 14.5. The van der Waals surface area contributed by atoms with E-state index in [1.807, 2.05) is 19.2 Å². The Hall–Kier alpha value is -3.49. The first-order valence-electron chi connectivity index (χ1n) is 13.1. The van der Waals surface area contributed by atoms with Crippen molar-refractivity contribution in [2.45, 2.75) is 57.3 Å². The van der Waals surface area contributed by atoms with Gasteiger partial charge in [0.05, 0.1) is 10.6 Å². The number of anilines is 1. The Morgan fingerprint density at radius 3 is 2.39 bits per heavy atom. The van der Waals surface area contributed by atoms with Gasteiger partial charge in [-0.3, -0.25) is 9.78 Å². The Morgan fingerprint density at radius 1 is 1.05 bits per heavy atom. The minimum atomic E-state index is -3.59. The molecule has 1 fully saturated rings. The summed E-state index contributed by atoms with van der Waals surface area (Å²) in [6.07, 6.45) is 3.39. The molecule has 7 nitrogen and oxygen atoms in total. The molecule has 8 heteroatoms. The van der Waals surface area contributed by atoms with Gasteiger partial charge in [0.15, 0.2) is 0 Å². The second-order valence-electron chi connectivity index (χ2n) is 10.4. The standard InChI is InChI=1S/C30H34N4O3S/c1-19(2)29-27-18-23(5-10-28(27)33-30(29)24-11-14-31-20(3)17-24)22-12-15-34(16-13-22)38(36,37)26-8-6-25(7-9-26)32-21(4)35/h5-11,14,17-19,22,33H,12-13,15-16H2,1-4H3,(H,32,35). The van der Waals surface area contributed by atoms with Crippen LogP contribution < -0.4 is 5.32 Å². The molecule has 198 valence electrons. The number of H-pyrrole nitrogens is 1. The Kier molecular flexibility index (Phi) is 7.11. The predicted octanol–water partition coefficient (Wildman–Crippen LogP) is 6.19. The van der Waals surface area contributed by atoms with E-state index in [0.717, 1.165) is 35.3 Å². The van der Waals surface area contributed by atoms with Gasteiger partial charge in [0, 0.05) is 54.1 Å². The minimum absolute atomic E-state index is 0.190. The minimum Gasteiger partial charge on any atom is -0.354 e. The number of rotatable bonds is 6. The molecule has 4 aromatic rings. The number of carbonyl (C=O) groups is 1. The number of aryl methyl sites for hydroxylation is 1. The summed E-state index contributed by atoms with van der Waals surface area (Å²) >= 11 is 0. The maximum Gasteiger partial charge on any atom is 0.243 e. The topological polar surface area (TPSA) is 95.2 Å². The Labute approximate surface area is 224 Å². The van der Waals surface area contributed by atoms with Crippen LogP contribution in [0.15, 0.2) is 65.7 Å². The van der Waals surface area contributed by atoms with Crippen LogP contribution in [0, 0.1) is 6.92 Å². The lowest BCUT2D eigenvalue weighted by Crippen LogP contribution is -2.37. The molecule has 2 N–H and O–H groups in total. The molecule has 3 heterocycles. The van der Waals surface area contributed by atoms with Crippen molar-refractivity contribution in [3.05, 3.63) is 77.6 Å². The third kappa shape index (κ3) is 5.11. The number of fused-ring (bicyclic) bond motifs is 1. The smallest absolute Gasteiger partial charge is 0.243 e. The Morgan fingerprint density at radius 2 is 1.76 bits per heavy atom. The number of piperidine rings is 1. The molecule has 1 amide bonds. The maximum atomic E-state index is 13.2.